The number of aryl methyl sites for hydroxylation is 1. The number of fused-ring (bicyclic) bond motifs is 1. The van der Waals surface area contributed by atoms with Crippen molar-refractivity contribution in [3.05, 3.63) is 59.7 Å². The van der Waals surface area contributed by atoms with Crippen molar-refractivity contribution in [3.8, 4) is 11.5 Å². The van der Waals surface area contributed by atoms with Crippen molar-refractivity contribution in [1.82, 2.24) is 10.2 Å². The molecule has 0 aromatic heterocycles. The summed E-state index contributed by atoms with van der Waals surface area (Å²) in [4.78, 5) is 27.2. The third kappa shape index (κ3) is 10.7. The third-order valence-electron chi connectivity index (χ3n) is 6.75. The van der Waals surface area contributed by atoms with E-state index in [-0.39, 0.29) is 31.7 Å². The number of aliphatic hydroxyl groups excluding tert-OH is 1. The highest BCUT2D eigenvalue weighted by atomic mass is 16.6. The van der Waals surface area contributed by atoms with Gasteiger partial charge in [0.15, 0.2) is 6.61 Å². The largest absolute Gasteiger partial charge is 0.491 e. The number of nitrogens with zero attached hydrogens (tertiary/aromatic N) is 1. The van der Waals surface area contributed by atoms with Crippen LogP contribution in [0.2, 0.25) is 0 Å². The lowest BCUT2D eigenvalue weighted by Gasteiger charge is -2.34. The minimum absolute atomic E-state index is 0.0357. The summed E-state index contributed by atoms with van der Waals surface area (Å²) in [6.07, 6.45) is 4.97. The predicted molar refractivity (Wildman–Crippen MR) is 156 cm³/mol. The fourth-order valence-corrected chi connectivity index (χ4v) is 4.76. The maximum absolute atomic E-state index is 13.3. The molecule has 0 heterocycles. The van der Waals surface area contributed by atoms with Crippen molar-refractivity contribution in [1.29, 1.82) is 0 Å². The van der Waals surface area contributed by atoms with Gasteiger partial charge in [0.05, 0.1) is 6.54 Å². The Hall–Kier alpha value is -3.26. The predicted octanol–water partition coefficient (Wildman–Crippen LogP) is 5.30. The van der Waals surface area contributed by atoms with Crippen molar-refractivity contribution in [2.75, 3.05) is 26.3 Å². The molecule has 0 radical (unpaired) electrons. The molecule has 1 aliphatic rings. The summed E-state index contributed by atoms with van der Waals surface area (Å²) in [6.45, 7) is 8.42. The van der Waals surface area contributed by atoms with Crippen LogP contribution in [0.25, 0.3) is 0 Å². The van der Waals surface area contributed by atoms with E-state index in [1.54, 1.807) is 4.90 Å². The van der Waals surface area contributed by atoms with Crippen molar-refractivity contribution in [3.63, 3.8) is 0 Å². The second-order valence-corrected chi connectivity index (χ2v) is 11.4. The minimum atomic E-state index is -0.888. The normalized spacial score (nSPS) is 15.8. The summed E-state index contributed by atoms with van der Waals surface area (Å²) >= 11 is 0. The molecule has 40 heavy (non-hydrogen) atoms. The standard InChI is InChI=1S/C32H46N2O6/c1-5-6-10-18-33-30(36)23-39-29-17-16-24-12-11-13-26(19-25(24)20-29)34(31(37)40-32(2,3)4)21-27(35)22-38-28-14-8-7-9-15-28/h7-9,14-17,20,26-27,35H,5-6,10-13,18-19,21-23H2,1-4H3,(H,33,36)/t26?,27-/m0/s1. The number of benzene rings is 2. The lowest BCUT2D eigenvalue weighted by molar-refractivity contribution is -0.123. The molecule has 0 fully saturated rings. The first-order chi connectivity index (χ1) is 19.1. The molecule has 220 valence electrons. The summed E-state index contributed by atoms with van der Waals surface area (Å²) in [5, 5.41) is 13.7. The molecular weight excluding hydrogens is 508 g/mol. The van der Waals surface area contributed by atoms with Gasteiger partial charge in [-0.25, -0.2) is 4.79 Å². The number of nitrogens with one attached hydrogen (secondary N) is 1. The average Bonchev–Trinajstić information content (AvgIpc) is 3.13. The van der Waals surface area contributed by atoms with E-state index in [2.05, 4.69) is 12.2 Å². The highest BCUT2D eigenvalue weighted by Crippen LogP contribution is 2.28. The molecule has 2 amide bonds. The van der Waals surface area contributed by atoms with Crippen molar-refractivity contribution >= 4 is 12.0 Å². The lowest BCUT2D eigenvalue weighted by atomic mass is 10.0. The van der Waals surface area contributed by atoms with Crippen LogP contribution < -0.4 is 14.8 Å². The Kier molecular flexibility index (Phi) is 12.1. The van der Waals surface area contributed by atoms with Gasteiger partial charge < -0.3 is 29.5 Å². The van der Waals surface area contributed by atoms with E-state index in [1.807, 2.05) is 69.3 Å². The quantitative estimate of drug-likeness (QED) is 0.258. The molecule has 0 aliphatic heterocycles. The summed E-state index contributed by atoms with van der Waals surface area (Å²) in [5.74, 6) is 1.16. The number of aliphatic hydroxyl groups is 1. The summed E-state index contributed by atoms with van der Waals surface area (Å²) in [6, 6.07) is 15.1. The second-order valence-electron chi connectivity index (χ2n) is 11.4. The van der Waals surface area contributed by atoms with Crippen molar-refractivity contribution in [2.24, 2.45) is 0 Å². The van der Waals surface area contributed by atoms with Gasteiger partial charge in [0, 0.05) is 12.6 Å². The number of amides is 2. The molecule has 3 rings (SSSR count). The fraction of sp³-hybridized carbons (Fsp3) is 0.562. The van der Waals surface area contributed by atoms with Gasteiger partial charge >= 0.3 is 6.09 Å². The smallest absolute Gasteiger partial charge is 0.410 e. The first-order valence-electron chi connectivity index (χ1n) is 14.5. The molecule has 8 heteroatoms. The van der Waals surface area contributed by atoms with Gasteiger partial charge in [-0.2, -0.15) is 0 Å². The van der Waals surface area contributed by atoms with Crippen molar-refractivity contribution < 1.29 is 28.9 Å². The monoisotopic (exact) mass is 554 g/mol. The first-order valence-corrected chi connectivity index (χ1v) is 14.5. The van der Waals surface area contributed by atoms with Gasteiger partial charge in [0.2, 0.25) is 0 Å². The van der Waals surface area contributed by atoms with Gasteiger partial charge in [-0.1, -0.05) is 44.0 Å². The molecule has 0 saturated heterocycles. The van der Waals surface area contributed by atoms with Gasteiger partial charge in [0.1, 0.15) is 29.8 Å². The number of unbranched alkanes of at least 4 members (excludes halogenated alkanes) is 2. The molecule has 0 bridgehead atoms. The molecule has 0 spiro atoms. The summed E-state index contributed by atoms with van der Waals surface area (Å²) in [7, 11) is 0. The number of hydrogen-bond donors (Lipinski definition) is 2. The highest BCUT2D eigenvalue weighted by molar-refractivity contribution is 5.77. The molecule has 2 aromatic rings. The van der Waals surface area contributed by atoms with Crippen LogP contribution in [-0.2, 0) is 22.4 Å². The van der Waals surface area contributed by atoms with Crippen LogP contribution in [-0.4, -0.2) is 66.1 Å². The first kappa shape index (κ1) is 31.3. The number of carbonyl (C=O) groups excluding carboxylic acids is 2. The van der Waals surface area contributed by atoms with Gasteiger partial charge in [-0.15, -0.1) is 0 Å². The molecule has 2 atom stereocenters. The van der Waals surface area contributed by atoms with Crippen LogP contribution in [0, 0.1) is 0 Å². The zero-order valence-electron chi connectivity index (χ0n) is 24.5. The molecule has 1 unspecified atom stereocenters. The van der Waals surface area contributed by atoms with E-state index in [9.17, 15) is 14.7 Å². The Morgan fingerprint density at radius 1 is 1.05 bits per heavy atom. The van der Waals surface area contributed by atoms with E-state index in [4.69, 9.17) is 14.2 Å². The van der Waals surface area contributed by atoms with E-state index in [1.165, 1.54) is 5.56 Å². The molecule has 0 saturated carbocycles. The minimum Gasteiger partial charge on any atom is -0.491 e. The Balaban J connectivity index is 1.68. The van der Waals surface area contributed by atoms with Gasteiger partial charge in [-0.3, -0.25) is 4.79 Å². The average molecular weight is 555 g/mol. The summed E-state index contributed by atoms with van der Waals surface area (Å²) in [5.41, 5.74) is 1.62. The SMILES string of the molecule is CCCCCNC(=O)COc1ccc2c(c1)CC(N(C[C@H](O)COc1ccccc1)C(=O)OC(C)(C)C)CCC2. The van der Waals surface area contributed by atoms with Crippen LogP contribution in [0.4, 0.5) is 4.79 Å². The number of hydrogen-bond acceptors (Lipinski definition) is 6. The van der Waals surface area contributed by atoms with Crippen molar-refractivity contribution in [2.45, 2.75) is 90.4 Å². The lowest BCUT2D eigenvalue weighted by Crippen LogP contribution is -2.48. The highest BCUT2D eigenvalue weighted by Gasteiger charge is 2.32. The maximum atomic E-state index is 13.3. The third-order valence-corrected chi connectivity index (χ3v) is 6.75. The van der Waals surface area contributed by atoms with Crippen LogP contribution in [0.5, 0.6) is 11.5 Å². The fourth-order valence-electron chi connectivity index (χ4n) is 4.76. The van der Waals surface area contributed by atoms with E-state index in [0.717, 1.165) is 44.1 Å². The zero-order chi connectivity index (χ0) is 29.0. The Bertz CT molecular complexity index is 1070. The molecule has 2 N–H and O–H groups in total. The number of ether oxygens (including phenoxy) is 3. The van der Waals surface area contributed by atoms with Crippen LogP contribution in [0.3, 0.4) is 0 Å². The zero-order valence-corrected chi connectivity index (χ0v) is 24.5. The van der Waals surface area contributed by atoms with E-state index < -0.39 is 17.8 Å². The molecular formula is C32H46N2O6. The second kappa shape index (κ2) is 15.5. The maximum Gasteiger partial charge on any atom is 0.410 e. The Morgan fingerprint density at radius 2 is 1.82 bits per heavy atom. The molecule has 8 nitrogen and oxygen atoms in total. The Labute approximate surface area is 239 Å². The topological polar surface area (TPSA) is 97.3 Å². The van der Waals surface area contributed by atoms with Crippen LogP contribution in [0.15, 0.2) is 48.5 Å². The number of rotatable bonds is 13. The van der Waals surface area contributed by atoms with Gasteiger partial charge in [0.25, 0.3) is 5.91 Å². The van der Waals surface area contributed by atoms with Crippen LogP contribution >= 0.6 is 0 Å². The van der Waals surface area contributed by atoms with E-state index in [0.29, 0.717) is 24.5 Å². The molecule has 1 aliphatic carbocycles. The number of carbonyl (C=O) groups is 2. The number of para-hydroxylation sites is 1. The van der Waals surface area contributed by atoms with Gasteiger partial charge in [-0.05, 0) is 88.3 Å². The summed E-state index contributed by atoms with van der Waals surface area (Å²) < 4.78 is 17.3. The Morgan fingerprint density at radius 3 is 2.55 bits per heavy atom. The van der Waals surface area contributed by atoms with Crippen LogP contribution in [0.1, 0.15) is 70.9 Å². The van der Waals surface area contributed by atoms with E-state index >= 15 is 0 Å². The molecule has 2 aromatic carbocycles.